The van der Waals surface area contributed by atoms with Crippen molar-refractivity contribution < 1.29 is 12.8 Å². The lowest BCUT2D eigenvalue weighted by Gasteiger charge is -2.04. The van der Waals surface area contributed by atoms with Crippen molar-refractivity contribution in [3.05, 3.63) is 29.0 Å². The average molecular weight is 252 g/mol. The van der Waals surface area contributed by atoms with Gasteiger partial charge in [-0.05, 0) is 25.2 Å². The number of halogens is 2. The summed E-state index contributed by atoms with van der Waals surface area (Å²) in [4.78, 5) is 0.0455. The first-order valence-corrected chi connectivity index (χ1v) is 6.33. The maximum Gasteiger partial charge on any atom is 0.179 e. The number of hydrogen-bond donors (Lipinski definition) is 1. The summed E-state index contributed by atoms with van der Waals surface area (Å²) >= 11 is 5.50. The van der Waals surface area contributed by atoms with Crippen LogP contribution >= 0.6 is 11.6 Å². The van der Waals surface area contributed by atoms with E-state index in [1.807, 2.05) is 0 Å². The molecule has 0 radical (unpaired) electrons. The molecule has 0 heterocycles. The van der Waals surface area contributed by atoms with Gasteiger partial charge in [-0.25, -0.2) is 12.8 Å². The summed E-state index contributed by atoms with van der Waals surface area (Å²) in [6.07, 6.45) is 0. The minimum atomic E-state index is -3.38. The van der Waals surface area contributed by atoms with Gasteiger partial charge in [0.1, 0.15) is 5.82 Å². The van der Waals surface area contributed by atoms with Crippen LogP contribution in [0.4, 0.5) is 4.39 Å². The Morgan fingerprint density at radius 1 is 1.47 bits per heavy atom. The fraction of sp³-hybridized carbons (Fsp3) is 0.333. The first-order valence-electron chi connectivity index (χ1n) is 4.30. The first-order chi connectivity index (χ1) is 6.97. The fourth-order valence-corrected chi connectivity index (χ4v) is 2.55. The van der Waals surface area contributed by atoms with E-state index in [0.717, 1.165) is 12.1 Å². The molecule has 0 aromatic heterocycles. The van der Waals surface area contributed by atoms with Gasteiger partial charge in [0.25, 0.3) is 0 Å². The van der Waals surface area contributed by atoms with E-state index in [-0.39, 0.29) is 15.7 Å². The minimum absolute atomic E-state index is 0.0362. The predicted octanol–water partition coefficient (Wildman–Crippen LogP) is 1.47. The highest BCUT2D eigenvalue weighted by Gasteiger charge is 2.15. The third-order valence-corrected chi connectivity index (χ3v) is 3.87. The smallest absolute Gasteiger partial charge is 0.179 e. The monoisotopic (exact) mass is 251 g/mol. The third-order valence-electron chi connectivity index (χ3n) is 1.87. The maximum absolute atomic E-state index is 12.8. The normalized spacial score (nSPS) is 11.7. The molecule has 0 spiro atoms. The van der Waals surface area contributed by atoms with Gasteiger partial charge in [0, 0.05) is 6.54 Å². The summed E-state index contributed by atoms with van der Waals surface area (Å²) in [7, 11) is -1.72. The van der Waals surface area contributed by atoms with Crippen molar-refractivity contribution >= 4 is 21.4 Å². The van der Waals surface area contributed by atoms with Crippen LogP contribution in [0.25, 0.3) is 0 Å². The molecule has 1 aromatic carbocycles. The Hall–Kier alpha value is -0.650. The second-order valence-corrected chi connectivity index (χ2v) is 5.51. The molecule has 0 atom stereocenters. The Labute approximate surface area is 93.2 Å². The molecule has 1 rings (SSSR count). The summed E-state index contributed by atoms with van der Waals surface area (Å²) in [6, 6.07) is 3.39. The van der Waals surface area contributed by atoms with Crippen molar-refractivity contribution in [2.75, 3.05) is 19.3 Å². The SMILES string of the molecule is CNCCS(=O)(=O)c1ccc(F)c(Cl)c1. The van der Waals surface area contributed by atoms with E-state index in [1.165, 1.54) is 6.07 Å². The molecule has 1 N–H and O–H groups in total. The number of nitrogens with one attached hydrogen (secondary N) is 1. The van der Waals surface area contributed by atoms with Gasteiger partial charge in [0.2, 0.25) is 0 Å². The van der Waals surface area contributed by atoms with Gasteiger partial charge in [-0.1, -0.05) is 11.6 Å². The first kappa shape index (κ1) is 12.4. The highest BCUT2D eigenvalue weighted by molar-refractivity contribution is 7.91. The van der Waals surface area contributed by atoms with Crippen LogP contribution in [0.5, 0.6) is 0 Å². The van der Waals surface area contributed by atoms with E-state index < -0.39 is 15.7 Å². The summed E-state index contributed by atoms with van der Waals surface area (Å²) in [6.45, 7) is 0.345. The van der Waals surface area contributed by atoms with Gasteiger partial charge < -0.3 is 5.32 Å². The van der Waals surface area contributed by atoms with Crippen LogP contribution in [0, 0.1) is 5.82 Å². The lowest BCUT2D eigenvalue weighted by atomic mass is 10.3. The molecule has 0 fully saturated rings. The molecule has 6 heteroatoms. The minimum Gasteiger partial charge on any atom is -0.319 e. The summed E-state index contributed by atoms with van der Waals surface area (Å²) in [5.41, 5.74) is 0. The van der Waals surface area contributed by atoms with Crippen molar-refractivity contribution in [1.82, 2.24) is 5.32 Å². The molecule has 0 aliphatic heterocycles. The summed E-state index contributed by atoms with van der Waals surface area (Å²) in [5, 5.41) is 2.55. The predicted molar refractivity (Wildman–Crippen MR) is 57.4 cm³/mol. The zero-order chi connectivity index (χ0) is 11.5. The molecule has 84 valence electrons. The van der Waals surface area contributed by atoms with Gasteiger partial charge in [0.05, 0.1) is 15.7 Å². The largest absolute Gasteiger partial charge is 0.319 e. The van der Waals surface area contributed by atoms with E-state index in [2.05, 4.69) is 5.32 Å². The lowest BCUT2D eigenvalue weighted by Crippen LogP contribution is -2.19. The third kappa shape index (κ3) is 3.15. The Morgan fingerprint density at radius 3 is 2.67 bits per heavy atom. The topological polar surface area (TPSA) is 46.2 Å². The maximum atomic E-state index is 12.8. The summed E-state index contributed by atoms with van der Waals surface area (Å²) in [5.74, 6) is -0.657. The molecule has 1 aromatic rings. The quantitative estimate of drug-likeness (QED) is 0.825. The zero-order valence-electron chi connectivity index (χ0n) is 8.13. The van der Waals surface area contributed by atoms with Crippen LogP contribution in [0.3, 0.4) is 0 Å². The van der Waals surface area contributed by atoms with E-state index >= 15 is 0 Å². The van der Waals surface area contributed by atoms with Crippen molar-refractivity contribution in [1.29, 1.82) is 0 Å². The standard InChI is InChI=1S/C9H11ClFNO2S/c1-12-4-5-15(13,14)7-2-3-9(11)8(10)6-7/h2-3,6,12H,4-5H2,1H3. The van der Waals surface area contributed by atoms with E-state index in [1.54, 1.807) is 7.05 Å². The molecule has 0 saturated heterocycles. The van der Waals surface area contributed by atoms with Gasteiger partial charge >= 0.3 is 0 Å². The Morgan fingerprint density at radius 2 is 2.13 bits per heavy atom. The molecule has 0 saturated carbocycles. The zero-order valence-corrected chi connectivity index (χ0v) is 9.70. The second-order valence-electron chi connectivity index (χ2n) is 3.00. The molecular formula is C9H11ClFNO2S. The Kier molecular flexibility index (Phi) is 4.07. The molecular weight excluding hydrogens is 241 g/mol. The van der Waals surface area contributed by atoms with Crippen molar-refractivity contribution in [3.8, 4) is 0 Å². The number of benzene rings is 1. The van der Waals surface area contributed by atoms with Crippen LogP contribution in [0.15, 0.2) is 23.1 Å². The van der Waals surface area contributed by atoms with Crippen molar-refractivity contribution in [2.24, 2.45) is 0 Å². The fourth-order valence-electron chi connectivity index (χ4n) is 1.02. The summed E-state index contributed by atoms with van der Waals surface area (Å²) < 4.78 is 36.1. The second kappa shape index (κ2) is 4.92. The number of sulfone groups is 1. The molecule has 0 aliphatic carbocycles. The van der Waals surface area contributed by atoms with Crippen molar-refractivity contribution in [2.45, 2.75) is 4.90 Å². The van der Waals surface area contributed by atoms with Gasteiger partial charge in [0.15, 0.2) is 9.84 Å². The number of hydrogen-bond acceptors (Lipinski definition) is 3. The van der Waals surface area contributed by atoms with Crippen molar-refractivity contribution in [3.63, 3.8) is 0 Å². The molecule has 0 bridgehead atoms. The lowest BCUT2D eigenvalue weighted by molar-refractivity contribution is 0.592. The highest BCUT2D eigenvalue weighted by atomic mass is 35.5. The van der Waals surface area contributed by atoms with Crippen LogP contribution in [-0.2, 0) is 9.84 Å². The molecule has 0 amide bonds. The van der Waals surface area contributed by atoms with Gasteiger partial charge in [-0.15, -0.1) is 0 Å². The Bertz CT molecular complexity index is 447. The molecule has 0 aliphatic rings. The van der Waals surface area contributed by atoms with E-state index in [9.17, 15) is 12.8 Å². The van der Waals surface area contributed by atoms with Crippen LogP contribution in [-0.4, -0.2) is 27.8 Å². The van der Waals surface area contributed by atoms with E-state index in [0.29, 0.717) is 6.54 Å². The number of rotatable bonds is 4. The van der Waals surface area contributed by atoms with Crippen LogP contribution in [0.2, 0.25) is 5.02 Å². The van der Waals surface area contributed by atoms with Crippen LogP contribution in [0.1, 0.15) is 0 Å². The van der Waals surface area contributed by atoms with Gasteiger partial charge in [-0.2, -0.15) is 0 Å². The molecule has 3 nitrogen and oxygen atoms in total. The van der Waals surface area contributed by atoms with Crippen LogP contribution < -0.4 is 5.32 Å². The average Bonchev–Trinajstić information content (AvgIpc) is 2.19. The van der Waals surface area contributed by atoms with Gasteiger partial charge in [-0.3, -0.25) is 0 Å². The highest BCUT2D eigenvalue weighted by Crippen LogP contribution is 2.20. The molecule has 15 heavy (non-hydrogen) atoms. The Balaban J connectivity index is 3.00. The molecule has 0 unspecified atom stereocenters. The van der Waals surface area contributed by atoms with E-state index in [4.69, 9.17) is 11.6 Å².